The van der Waals surface area contributed by atoms with E-state index in [1.54, 1.807) is 23.1 Å². The van der Waals surface area contributed by atoms with Crippen LogP contribution in [0, 0.1) is 13.8 Å². The summed E-state index contributed by atoms with van der Waals surface area (Å²) in [6, 6.07) is 10.9. The van der Waals surface area contributed by atoms with Gasteiger partial charge in [-0.25, -0.2) is 0 Å². The van der Waals surface area contributed by atoms with Gasteiger partial charge < -0.3 is 19.7 Å². The number of carbonyl (C=O) groups excluding carboxylic acids is 3. The van der Waals surface area contributed by atoms with Gasteiger partial charge in [0.1, 0.15) is 11.5 Å². The molecule has 0 saturated heterocycles. The second-order valence-electron chi connectivity index (χ2n) is 8.38. The molecular weight excluding hydrogens is 408 g/mol. The Balaban J connectivity index is 1.68. The Morgan fingerprint density at radius 1 is 1.12 bits per heavy atom. The molecule has 0 fully saturated rings. The highest BCUT2D eigenvalue weighted by Gasteiger charge is 2.26. The van der Waals surface area contributed by atoms with Crippen LogP contribution < -0.4 is 19.7 Å². The molecule has 0 aromatic heterocycles. The summed E-state index contributed by atoms with van der Waals surface area (Å²) in [5, 5.41) is 2.84. The summed E-state index contributed by atoms with van der Waals surface area (Å²) < 4.78 is 11.2. The number of aryl methyl sites for hydroxylation is 2. The van der Waals surface area contributed by atoms with Crippen molar-refractivity contribution in [1.29, 1.82) is 0 Å². The second kappa shape index (κ2) is 10.3. The standard InChI is InChI=1S/C25H30N2O5/c1-16(2)26-24(29)6-5-9-27-21-13-19(7-8-23(21)32-15-25(27)30)22(28)14-31-20-11-17(3)10-18(4)12-20/h7-8,10-13,16H,5-6,9,14-15H2,1-4H3,(H,26,29). The van der Waals surface area contributed by atoms with E-state index in [-0.39, 0.29) is 36.9 Å². The number of ketones is 1. The summed E-state index contributed by atoms with van der Waals surface area (Å²) in [5.41, 5.74) is 3.11. The molecule has 0 radical (unpaired) electrons. The lowest BCUT2D eigenvalue weighted by Gasteiger charge is -2.29. The number of rotatable bonds is 9. The summed E-state index contributed by atoms with van der Waals surface area (Å²) in [7, 11) is 0. The molecule has 0 unspecified atom stereocenters. The quantitative estimate of drug-likeness (QED) is 0.605. The van der Waals surface area contributed by atoms with Crippen molar-refractivity contribution in [2.45, 2.75) is 46.6 Å². The fourth-order valence-electron chi connectivity index (χ4n) is 3.66. The number of Topliss-reactive ketones (excluding diaryl/α,β-unsaturated/α-hetero) is 1. The number of benzene rings is 2. The normalized spacial score (nSPS) is 12.9. The lowest BCUT2D eigenvalue weighted by atomic mass is 10.1. The van der Waals surface area contributed by atoms with E-state index in [1.165, 1.54) is 0 Å². The predicted molar refractivity (Wildman–Crippen MR) is 123 cm³/mol. The van der Waals surface area contributed by atoms with Crippen LogP contribution in [0.3, 0.4) is 0 Å². The van der Waals surface area contributed by atoms with E-state index in [9.17, 15) is 14.4 Å². The van der Waals surface area contributed by atoms with E-state index < -0.39 is 0 Å². The van der Waals surface area contributed by atoms with Crippen molar-refractivity contribution in [3.05, 3.63) is 53.1 Å². The molecule has 0 saturated carbocycles. The van der Waals surface area contributed by atoms with Crippen LogP contribution in [0.5, 0.6) is 11.5 Å². The fraction of sp³-hybridized carbons (Fsp3) is 0.400. The summed E-state index contributed by atoms with van der Waals surface area (Å²) >= 11 is 0. The Bertz CT molecular complexity index is 995. The molecule has 7 heteroatoms. The number of anilines is 1. The average Bonchev–Trinajstić information content (AvgIpc) is 2.72. The zero-order chi connectivity index (χ0) is 23.3. The first-order valence-corrected chi connectivity index (χ1v) is 10.8. The molecule has 2 aromatic rings. The highest BCUT2D eigenvalue weighted by atomic mass is 16.5. The van der Waals surface area contributed by atoms with Gasteiger partial charge in [-0.1, -0.05) is 6.07 Å². The summed E-state index contributed by atoms with van der Waals surface area (Å²) in [6.07, 6.45) is 0.832. The molecule has 0 bridgehead atoms. The van der Waals surface area contributed by atoms with Crippen LogP contribution in [0.2, 0.25) is 0 Å². The Kier molecular flexibility index (Phi) is 7.51. The summed E-state index contributed by atoms with van der Waals surface area (Å²) in [4.78, 5) is 38.7. The zero-order valence-electron chi connectivity index (χ0n) is 19.1. The zero-order valence-corrected chi connectivity index (χ0v) is 19.1. The van der Waals surface area contributed by atoms with Crippen LogP contribution in [-0.2, 0) is 9.59 Å². The molecule has 1 heterocycles. The van der Waals surface area contributed by atoms with Gasteiger partial charge in [-0.05, 0) is 75.6 Å². The number of hydrogen-bond donors (Lipinski definition) is 1. The van der Waals surface area contributed by atoms with Crippen LogP contribution in [0.15, 0.2) is 36.4 Å². The highest BCUT2D eigenvalue weighted by Crippen LogP contribution is 2.33. The molecule has 0 spiro atoms. The molecule has 0 atom stereocenters. The minimum atomic E-state index is -0.196. The first kappa shape index (κ1) is 23.3. The maximum atomic E-state index is 12.7. The van der Waals surface area contributed by atoms with E-state index in [4.69, 9.17) is 9.47 Å². The Hall–Kier alpha value is -3.35. The van der Waals surface area contributed by atoms with Crippen LogP contribution in [-0.4, -0.2) is 43.4 Å². The smallest absolute Gasteiger partial charge is 0.265 e. The van der Waals surface area contributed by atoms with Gasteiger partial charge in [0.05, 0.1) is 5.69 Å². The third-order valence-corrected chi connectivity index (χ3v) is 5.02. The molecule has 170 valence electrons. The second-order valence-corrected chi connectivity index (χ2v) is 8.38. The van der Waals surface area contributed by atoms with Crippen molar-refractivity contribution in [1.82, 2.24) is 5.32 Å². The predicted octanol–water partition coefficient (Wildman–Crippen LogP) is 3.60. The Morgan fingerprint density at radius 2 is 1.84 bits per heavy atom. The Labute approximate surface area is 188 Å². The van der Waals surface area contributed by atoms with E-state index in [1.807, 2.05) is 45.9 Å². The first-order valence-electron chi connectivity index (χ1n) is 10.8. The van der Waals surface area contributed by atoms with Gasteiger partial charge in [0.2, 0.25) is 5.91 Å². The molecule has 32 heavy (non-hydrogen) atoms. The largest absolute Gasteiger partial charge is 0.485 e. The third kappa shape index (κ3) is 6.09. The third-order valence-electron chi connectivity index (χ3n) is 5.02. The fourth-order valence-corrected chi connectivity index (χ4v) is 3.66. The lowest BCUT2D eigenvalue weighted by molar-refractivity contribution is -0.123. The maximum Gasteiger partial charge on any atom is 0.265 e. The number of nitrogens with one attached hydrogen (secondary N) is 1. The SMILES string of the molecule is Cc1cc(C)cc(OCC(=O)c2ccc3c(c2)N(CCCC(=O)NC(C)C)C(=O)CO3)c1. The molecule has 1 aliphatic rings. The van der Waals surface area contributed by atoms with Crippen molar-refractivity contribution in [3.63, 3.8) is 0 Å². The van der Waals surface area contributed by atoms with Gasteiger partial charge >= 0.3 is 0 Å². The van der Waals surface area contributed by atoms with Gasteiger partial charge in [-0.2, -0.15) is 0 Å². The lowest BCUT2D eigenvalue weighted by Crippen LogP contribution is -2.40. The van der Waals surface area contributed by atoms with Gasteiger partial charge in [0, 0.05) is 24.6 Å². The molecule has 7 nitrogen and oxygen atoms in total. The molecule has 3 rings (SSSR count). The molecule has 0 aliphatic carbocycles. The topological polar surface area (TPSA) is 84.9 Å². The van der Waals surface area contributed by atoms with Crippen molar-refractivity contribution >= 4 is 23.3 Å². The number of nitrogens with zero attached hydrogens (tertiary/aromatic N) is 1. The molecule has 2 aromatic carbocycles. The number of amides is 2. The maximum absolute atomic E-state index is 12.7. The van der Waals surface area contributed by atoms with Crippen LogP contribution in [0.4, 0.5) is 5.69 Å². The van der Waals surface area contributed by atoms with Crippen LogP contribution >= 0.6 is 0 Å². The number of hydrogen-bond acceptors (Lipinski definition) is 5. The molecule has 1 aliphatic heterocycles. The molecular formula is C25H30N2O5. The van der Waals surface area contributed by atoms with Gasteiger partial charge in [0.25, 0.3) is 5.91 Å². The van der Waals surface area contributed by atoms with Gasteiger partial charge in [0.15, 0.2) is 19.0 Å². The molecule has 1 N–H and O–H groups in total. The highest BCUT2D eigenvalue weighted by molar-refractivity contribution is 6.02. The summed E-state index contributed by atoms with van der Waals surface area (Å²) in [6.45, 7) is 7.97. The van der Waals surface area contributed by atoms with E-state index >= 15 is 0 Å². The minimum Gasteiger partial charge on any atom is -0.485 e. The minimum absolute atomic E-state index is 0.0478. The van der Waals surface area contributed by atoms with E-state index in [0.717, 1.165) is 11.1 Å². The van der Waals surface area contributed by atoms with Gasteiger partial charge in [-0.15, -0.1) is 0 Å². The first-order chi connectivity index (χ1) is 15.2. The van der Waals surface area contributed by atoms with E-state index in [2.05, 4.69) is 5.32 Å². The number of carbonyl (C=O) groups is 3. The van der Waals surface area contributed by atoms with Gasteiger partial charge in [-0.3, -0.25) is 14.4 Å². The number of fused-ring (bicyclic) bond motifs is 1. The van der Waals surface area contributed by atoms with E-state index in [0.29, 0.717) is 42.1 Å². The Morgan fingerprint density at radius 3 is 2.53 bits per heavy atom. The molecule has 2 amide bonds. The summed E-state index contributed by atoms with van der Waals surface area (Å²) in [5.74, 6) is 0.754. The monoisotopic (exact) mass is 438 g/mol. The van der Waals surface area contributed by atoms with Crippen molar-refractivity contribution < 1.29 is 23.9 Å². The average molecular weight is 439 g/mol. The number of ether oxygens (including phenoxy) is 2. The van der Waals surface area contributed by atoms with Crippen LogP contribution in [0.25, 0.3) is 0 Å². The van der Waals surface area contributed by atoms with Crippen molar-refractivity contribution in [2.24, 2.45) is 0 Å². The van der Waals surface area contributed by atoms with Crippen molar-refractivity contribution in [2.75, 3.05) is 24.7 Å². The van der Waals surface area contributed by atoms with Crippen molar-refractivity contribution in [3.8, 4) is 11.5 Å². The van der Waals surface area contributed by atoms with Crippen LogP contribution in [0.1, 0.15) is 48.2 Å².